The second kappa shape index (κ2) is 8.26. The Morgan fingerprint density at radius 1 is 1.33 bits per heavy atom. The van der Waals surface area contributed by atoms with Gasteiger partial charge in [0.1, 0.15) is 5.75 Å². The van der Waals surface area contributed by atoms with E-state index in [2.05, 4.69) is 15.2 Å². The van der Waals surface area contributed by atoms with Crippen LogP contribution in [-0.4, -0.2) is 39.8 Å². The minimum atomic E-state index is 0.254. The third-order valence-corrected chi connectivity index (χ3v) is 4.08. The van der Waals surface area contributed by atoms with Crippen LogP contribution in [0.1, 0.15) is 19.3 Å². The second-order valence-electron chi connectivity index (χ2n) is 4.44. The van der Waals surface area contributed by atoms with Crippen LogP contribution in [0.4, 0.5) is 0 Å². The monoisotopic (exact) mass is 327 g/mol. The summed E-state index contributed by atoms with van der Waals surface area (Å²) in [4.78, 5) is 4.46. The quantitative estimate of drug-likeness (QED) is 0.574. The largest absolute Gasteiger partial charge is 0.496 e. The Labute approximate surface area is 133 Å². The third kappa shape index (κ3) is 4.62. The maximum atomic E-state index is 8.72. The van der Waals surface area contributed by atoms with Crippen molar-refractivity contribution >= 4 is 23.4 Å². The second-order valence-corrected chi connectivity index (χ2v) is 5.94. The van der Waals surface area contributed by atoms with Gasteiger partial charge in [0.15, 0.2) is 5.82 Å². The molecule has 0 atom stereocenters. The number of methoxy groups -OCH3 is 1. The first-order valence-electron chi connectivity index (χ1n) is 6.74. The Balaban J connectivity index is 2.01. The van der Waals surface area contributed by atoms with Crippen molar-refractivity contribution in [2.24, 2.45) is 0 Å². The lowest BCUT2D eigenvalue weighted by molar-refractivity contribution is 0.284. The van der Waals surface area contributed by atoms with Crippen LogP contribution < -0.4 is 4.74 Å². The highest BCUT2D eigenvalue weighted by atomic mass is 35.5. The fourth-order valence-electron chi connectivity index (χ4n) is 1.85. The molecule has 0 amide bonds. The summed E-state index contributed by atoms with van der Waals surface area (Å²) in [5.41, 5.74) is 0.796. The highest BCUT2D eigenvalue weighted by molar-refractivity contribution is 7.99. The Morgan fingerprint density at radius 3 is 2.95 bits per heavy atom. The van der Waals surface area contributed by atoms with Crippen molar-refractivity contribution in [2.45, 2.75) is 24.4 Å². The van der Waals surface area contributed by atoms with E-state index in [1.54, 1.807) is 31.0 Å². The van der Waals surface area contributed by atoms with Gasteiger partial charge in [-0.05, 0) is 31.0 Å². The number of H-pyrrole nitrogens is 1. The molecule has 0 unspecified atom stereocenters. The number of aliphatic hydroxyl groups is 1. The molecule has 0 saturated heterocycles. The lowest BCUT2D eigenvalue weighted by atomic mass is 10.2. The smallest absolute Gasteiger partial charge is 0.208 e. The molecule has 0 aliphatic carbocycles. The van der Waals surface area contributed by atoms with E-state index in [0.717, 1.165) is 30.6 Å². The van der Waals surface area contributed by atoms with Gasteiger partial charge in [-0.2, -0.15) is 0 Å². The average Bonchev–Trinajstić information content (AvgIpc) is 2.96. The zero-order valence-corrected chi connectivity index (χ0v) is 13.4. The highest BCUT2D eigenvalue weighted by Crippen LogP contribution is 2.31. The number of hydrogen-bond donors (Lipinski definition) is 2. The first-order chi connectivity index (χ1) is 10.2. The molecule has 1 heterocycles. The molecule has 21 heavy (non-hydrogen) atoms. The number of aliphatic hydroxyl groups excluding tert-OH is 1. The topological polar surface area (TPSA) is 71.0 Å². The van der Waals surface area contributed by atoms with Crippen LogP contribution in [0.25, 0.3) is 11.4 Å². The lowest BCUT2D eigenvalue weighted by Crippen LogP contribution is -1.89. The van der Waals surface area contributed by atoms with Crippen molar-refractivity contribution in [1.29, 1.82) is 0 Å². The maximum Gasteiger partial charge on any atom is 0.208 e. The zero-order valence-electron chi connectivity index (χ0n) is 11.8. The van der Waals surface area contributed by atoms with Crippen LogP contribution >= 0.6 is 23.4 Å². The molecule has 2 aromatic rings. The molecule has 0 aliphatic heterocycles. The summed E-state index contributed by atoms with van der Waals surface area (Å²) in [5.74, 6) is 2.28. The number of ether oxygens (including phenoxy) is 1. The van der Waals surface area contributed by atoms with E-state index in [1.807, 2.05) is 6.07 Å². The molecule has 0 fully saturated rings. The van der Waals surface area contributed by atoms with E-state index in [0.29, 0.717) is 21.8 Å². The van der Waals surface area contributed by atoms with Crippen LogP contribution in [0.5, 0.6) is 5.75 Å². The van der Waals surface area contributed by atoms with Crippen molar-refractivity contribution < 1.29 is 9.84 Å². The Bertz CT molecular complexity index is 577. The summed E-state index contributed by atoms with van der Waals surface area (Å²) < 4.78 is 5.31. The van der Waals surface area contributed by atoms with E-state index in [9.17, 15) is 0 Å². The first-order valence-corrected chi connectivity index (χ1v) is 8.11. The van der Waals surface area contributed by atoms with Gasteiger partial charge in [-0.15, -0.1) is 5.10 Å². The summed E-state index contributed by atoms with van der Waals surface area (Å²) in [6.07, 6.45) is 2.90. The molecular formula is C14H18ClN3O2S. The van der Waals surface area contributed by atoms with Gasteiger partial charge in [0.25, 0.3) is 0 Å². The predicted octanol–water partition coefficient (Wildman–Crippen LogP) is 3.39. The molecule has 5 nitrogen and oxygen atoms in total. The third-order valence-electron chi connectivity index (χ3n) is 2.92. The maximum absolute atomic E-state index is 8.72. The number of nitrogens with zero attached hydrogens (tertiary/aromatic N) is 2. The normalized spacial score (nSPS) is 10.8. The SMILES string of the molecule is COc1ccc(Cl)cc1-c1nc(SCCCCCO)n[nH]1. The van der Waals surface area contributed by atoms with Crippen molar-refractivity contribution in [3.05, 3.63) is 23.2 Å². The van der Waals surface area contributed by atoms with Gasteiger partial charge < -0.3 is 9.84 Å². The number of hydrogen-bond acceptors (Lipinski definition) is 5. The molecule has 0 spiro atoms. The summed E-state index contributed by atoms with van der Waals surface area (Å²) >= 11 is 7.61. The van der Waals surface area contributed by atoms with Crippen LogP contribution in [-0.2, 0) is 0 Å². The standard InChI is InChI=1S/C14H18ClN3O2S/c1-20-12-6-5-10(15)9-11(12)13-16-14(18-17-13)21-8-4-2-3-7-19/h5-6,9,19H,2-4,7-8H2,1H3,(H,16,17,18). The van der Waals surface area contributed by atoms with Crippen LogP contribution in [0.2, 0.25) is 5.02 Å². The Kier molecular flexibility index (Phi) is 6.35. The summed E-state index contributed by atoms with van der Waals surface area (Å²) in [6, 6.07) is 5.38. The van der Waals surface area contributed by atoms with Crippen molar-refractivity contribution in [3.8, 4) is 17.1 Å². The molecular weight excluding hydrogens is 310 g/mol. The molecule has 2 N–H and O–H groups in total. The fraction of sp³-hybridized carbons (Fsp3) is 0.429. The molecule has 114 valence electrons. The molecule has 0 radical (unpaired) electrons. The number of unbranched alkanes of at least 4 members (excludes halogenated alkanes) is 2. The van der Waals surface area contributed by atoms with Crippen LogP contribution in [0.15, 0.2) is 23.4 Å². The number of aromatic nitrogens is 3. The van der Waals surface area contributed by atoms with Crippen molar-refractivity contribution in [1.82, 2.24) is 15.2 Å². The van der Waals surface area contributed by atoms with Crippen LogP contribution in [0.3, 0.4) is 0 Å². The number of thioether (sulfide) groups is 1. The molecule has 0 aliphatic rings. The predicted molar refractivity (Wildman–Crippen MR) is 85.0 cm³/mol. The zero-order chi connectivity index (χ0) is 15.1. The van der Waals surface area contributed by atoms with E-state index in [1.165, 1.54) is 0 Å². The molecule has 0 saturated carbocycles. The molecule has 0 bridgehead atoms. The van der Waals surface area contributed by atoms with E-state index >= 15 is 0 Å². The highest BCUT2D eigenvalue weighted by Gasteiger charge is 2.11. The number of rotatable bonds is 8. The average molecular weight is 328 g/mol. The number of benzene rings is 1. The van der Waals surface area contributed by atoms with Gasteiger partial charge in [0.2, 0.25) is 5.16 Å². The van der Waals surface area contributed by atoms with E-state index in [-0.39, 0.29) is 6.61 Å². The molecule has 1 aromatic carbocycles. The van der Waals surface area contributed by atoms with Crippen molar-refractivity contribution in [3.63, 3.8) is 0 Å². The molecule has 7 heteroatoms. The molecule has 2 rings (SSSR count). The van der Waals surface area contributed by atoms with E-state index < -0.39 is 0 Å². The Morgan fingerprint density at radius 2 is 2.19 bits per heavy atom. The van der Waals surface area contributed by atoms with Gasteiger partial charge in [-0.3, -0.25) is 5.10 Å². The van der Waals surface area contributed by atoms with Gasteiger partial charge >= 0.3 is 0 Å². The Hall–Kier alpha value is -1.24. The summed E-state index contributed by atoms with van der Waals surface area (Å²) in [7, 11) is 1.61. The lowest BCUT2D eigenvalue weighted by Gasteiger charge is -2.05. The van der Waals surface area contributed by atoms with Crippen molar-refractivity contribution in [2.75, 3.05) is 19.5 Å². The van der Waals surface area contributed by atoms with Crippen LogP contribution in [0, 0.1) is 0 Å². The number of aromatic amines is 1. The van der Waals surface area contributed by atoms with Gasteiger partial charge in [0, 0.05) is 17.4 Å². The summed E-state index contributed by atoms with van der Waals surface area (Å²) in [5, 5.41) is 17.2. The summed E-state index contributed by atoms with van der Waals surface area (Å²) in [6.45, 7) is 0.254. The molecule has 1 aromatic heterocycles. The minimum absolute atomic E-state index is 0.254. The van der Waals surface area contributed by atoms with Gasteiger partial charge in [-0.1, -0.05) is 29.8 Å². The fourth-order valence-corrected chi connectivity index (χ4v) is 2.82. The number of halogens is 1. The van der Waals surface area contributed by atoms with E-state index in [4.69, 9.17) is 21.4 Å². The first kappa shape index (κ1) is 16.1. The number of nitrogens with one attached hydrogen (secondary N) is 1. The minimum Gasteiger partial charge on any atom is -0.496 e. The van der Waals surface area contributed by atoms with Gasteiger partial charge in [0.05, 0.1) is 12.7 Å². The van der Waals surface area contributed by atoms with Gasteiger partial charge in [-0.25, -0.2) is 4.98 Å².